The lowest BCUT2D eigenvalue weighted by atomic mass is 10.2. The van der Waals surface area contributed by atoms with Crippen LogP contribution in [0.3, 0.4) is 0 Å². The van der Waals surface area contributed by atoms with Gasteiger partial charge in [-0.3, -0.25) is 0 Å². The fourth-order valence-corrected chi connectivity index (χ4v) is 1.76. The number of aliphatic hydroxyl groups is 1. The Labute approximate surface area is 108 Å². The molecular formula is C13H12N4O2. The van der Waals surface area contributed by atoms with E-state index in [-0.39, 0.29) is 12.5 Å². The van der Waals surface area contributed by atoms with E-state index >= 15 is 0 Å². The monoisotopic (exact) mass is 256 g/mol. The summed E-state index contributed by atoms with van der Waals surface area (Å²) in [5.74, 6) is 0.567. The van der Waals surface area contributed by atoms with E-state index in [0.717, 1.165) is 10.9 Å². The van der Waals surface area contributed by atoms with Crippen LogP contribution in [0.25, 0.3) is 22.4 Å². The van der Waals surface area contributed by atoms with Crippen molar-refractivity contribution in [3.63, 3.8) is 0 Å². The molecule has 1 atom stereocenters. The number of nitrogens with two attached hydrogens (primary N) is 1. The number of hydrogen-bond donors (Lipinski definition) is 2. The maximum atomic E-state index is 8.94. The highest BCUT2D eigenvalue weighted by Crippen LogP contribution is 2.19. The smallest absolute Gasteiger partial charge is 0.246 e. The average Bonchev–Trinajstić information content (AvgIpc) is 2.95. The lowest BCUT2D eigenvalue weighted by molar-refractivity contribution is 0.237. The van der Waals surface area contributed by atoms with E-state index in [1.807, 2.05) is 36.4 Å². The highest BCUT2D eigenvalue weighted by Gasteiger charge is 2.15. The molecular weight excluding hydrogens is 244 g/mol. The van der Waals surface area contributed by atoms with Gasteiger partial charge >= 0.3 is 0 Å². The second-order valence-electron chi connectivity index (χ2n) is 4.13. The predicted molar refractivity (Wildman–Crippen MR) is 69.0 cm³/mol. The summed E-state index contributed by atoms with van der Waals surface area (Å²) in [6, 6.07) is 10.9. The molecule has 0 spiro atoms. The minimum Gasteiger partial charge on any atom is -0.394 e. The quantitative estimate of drug-likeness (QED) is 0.732. The fourth-order valence-electron chi connectivity index (χ4n) is 1.76. The third kappa shape index (κ3) is 2.18. The van der Waals surface area contributed by atoms with Gasteiger partial charge in [0.05, 0.1) is 12.1 Å². The van der Waals surface area contributed by atoms with Crippen LogP contribution in [0.15, 0.2) is 40.9 Å². The Hall–Kier alpha value is -2.31. The number of aromatic nitrogens is 3. The van der Waals surface area contributed by atoms with Crippen molar-refractivity contribution in [3.05, 3.63) is 42.3 Å². The number of para-hydroxylation sites is 1. The number of rotatable bonds is 3. The Bertz CT molecular complexity index is 710. The molecule has 3 rings (SSSR count). The lowest BCUT2D eigenvalue weighted by Crippen LogP contribution is -2.14. The van der Waals surface area contributed by atoms with Crippen LogP contribution < -0.4 is 5.73 Å². The Morgan fingerprint density at radius 2 is 2.00 bits per heavy atom. The molecule has 0 saturated heterocycles. The van der Waals surface area contributed by atoms with Crippen molar-refractivity contribution in [2.75, 3.05) is 6.61 Å². The summed E-state index contributed by atoms with van der Waals surface area (Å²) in [5, 5.41) is 13.8. The normalized spacial score (nSPS) is 12.7. The summed E-state index contributed by atoms with van der Waals surface area (Å²) in [5.41, 5.74) is 7.08. The second-order valence-corrected chi connectivity index (χ2v) is 4.13. The number of benzene rings is 1. The SMILES string of the molecule is NC(CO)c1nc(-c2ccc3ccccc3n2)no1. The molecule has 3 N–H and O–H groups in total. The third-order valence-corrected chi connectivity index (χ3v) is 2.78. The molecule has 0 aliphatic rings. The van der Waals surface area contributed by atoms with Gasteiger partial charge in [-0.25, -0.2) is 4.98 Å². The van der Waals surface area contributed by atoms with Crippen molar-refractivity contribution in [3.8, 4) is 11.5 Å². The topological polar surface area (TPSA) is 98.1 Å². The molecule has 0 fully saturated rings. The van der Waals surface area contributed by atoms with E-state index in [9.17, 15) is 0 Å². The fraction of sp³-hybridized carbons (Fsp3) is 0.154. The standard InChI is InChI=1S/C13H12N4O2/c14-9(7-18)13-16-12(17-19-13)11-6-5-8-3-1-2-4-10(8)15-11/h1-6,9,18H,7,14H2. The van der Waals surface area contributed by atoms with Gasteiger partial charge in [-0.05, 0) is 12.1 Å². The van der Waals surface area contributed by atoms with Gasteiger partial charge in [-0.2, -0.15) is 4.98 Å². The molecule has 3 aromatic rings. The van der Waals surface area contributed by atoms with Gasteiger partial charge in [0.25, 0.3) is 0 Å². The van der Waals surface area contributed by atoms with Crippen LogP contribution in [0.2, 0.25) is 0 Å². The van der Waals surface area contributed by atoms with Crippen molar-refractivity contribution in [2.24, 2.45) is 5.73 Å². The number of fused-ring (bicyclic) bond motifs is 1. The molecule has 0 amide bonds. The molecule has 0 radical (unpaired) electrons. The maximum Gasteiger partial charge on any atom is 0.246 e. The third-order valence-electron chi connectivity index (χ3n) is 2.78. The summed E-state index contributed by atoms with van der Waals surface area (Å²) in [7, 11) is 0. The summed E-state index contributed by atoms with van der Waals surface area (Å²) in [6.45, 7) is -0.243. The Morgan fingerprint density at radius 1 is 1.16 bits per heavy atom. The Kier molecular flexibility index (Phi) is 2.94. The number of nitrogens with zero attached hydrogens (tertiary/aromatic N) is 3. The summed E-state index contributed by atoms with van der Waals surface area (Å²) in [4.78, 5) is 8.59. The molecule has 0 saturated carbocycles. The summed E-state index contributed by atoms with van der Waals surface area (Å²) < 4.78 is 5.00. The van der Waals surface area contributed by atoms with E-state index in [4.69, 9.17) is 15.4 Å². The van der Waals surface area contributed by atoms with E-state index < -0.39 is 6.04 Å². The first-order valence-electron chi connectivity index (χ1n) is 5.84. The highest BCUT2D eigenvalue weighted by molar-refractivity contribution is 5.80. The molecule has 2 aromatic heterocycles. The molecule has 0 aliphatic carbocycles. The molecule has 96 valence electrons. The van der Waals surface area contributed by atoms with Crippen molar-refractivity contribution in [1.29, 1.82) is 0 Å². The molecule has 6 nitrogen and oxygen atoms in total. The van der Waals surface area contributed by atoms with E-state index in [0.29, 0.717) is 11.5 Å². The van der Waals surface area contributed by atoms with Crippen molar-refractivity contribution < 1.29 is 9.63 Å². The molecule has 0 bridgehead atoms. The van der Waals surface area contributed by atoms with Crippen molar-refractivity contribution >= 4 is 10.9 Å². The maximum absolute atomic E-state index is 8.94. The van der Waals surface area contributed by atoms with Crippen LogP contribution in [0.5, 0.6) is 0 Å². The molecule has 0 aliphatic heterocycles. The van der Waals surface area contributed by atoms with Gasteiger partial charge in [-0.15, -0.1) is 0 Å². The second kappa shape index (κ2) is 4.75. The number of aliphatic hydroxyl groups excluding tert-OH is 1. The first-order valence-corrected chi connectivity index (χ1v) is 5.84. The zero-order valence-corrected chi connectivity index (χ0v) is 10.0. The zero-order valence-electron chi connectivity index (χ0n) is 10.0. The number of hydrogen-bond acceptors (Lipinski definition) is 6. The highest BCUT2D eigenvalue weighted by atomic mass is 16.5. The van der Waals surface area contributed by atoms with Crippen LogP contribution >= 0.6 is 0 Å². The minimum atomic E-state index is -0.665. The van der Waals surface area contributed by atoms with Gasteiger partial charge in [0.1, 0.15) is 11.7 Å². The van der Waals surface area contributed by atoms with Gasteiger partial charge in [-0.1, -0.05) is 29.4 Å². The Morgan fingerprint density at radius 3 is 2.84 bits per heavy atom. The molecule has 6 heteroatoms. The lowest BCUT2D eigenvalue weighted by Gasteiger charge is -1.99. The first-order chi connectivity index (χ1) is 9.28. The van der Waals surface area contributed by atoms with E-state index in [1.165, 1.54) is 0 Å². The van der Waals surface area contributed by atoms with Gasteiger partial charge < -0.3 is 15.4 Å². The summed E-state index contributed by atoms with van der Waals surface area (Å²) >= 11 is 0. The molecule has 1 unspecified atom stereocenters. The predicted octanol–water partition coefficient (Wildman–Crippen LogP) is 1.28. The van der Waals surface area contributed by atoms with E-state index in [1.54, 1.807) is 0 Å². The van der Waals surface area contributed by atoms with Crippen molar-refractivity contribution in [2.45, 2.75) is 6.04 Å². The van der Waals surface area contributed by atoms with Crippen molar-refractivity contribution in [1.82, 2.24) is 15.1 Å². The largest absolute Gasteiger partial charge is 0.394 e. The summed E-state index contributed by atoms with van der Waals surface area (Å²) in [6.07, 6.45) is 0. The van der Waals surface area contributed by atoms with E-state index in [2.05, 4.69) is 15.1 Å². The average molecular weight is 256 g/mol. The van der Waals surface area contributed by atoms with Crippen LogP contribution in [-0.2, 0) is 0 Å². The van der Waals surface area contributed by atoms with Gasteiger partial charge in [0.15, 0.2) is 0 Å². The first kappa shape index (κ1) is 11.8. The number of pyridine rings is 1. The van der Waals surface area contributed by atoms with Crippen LogP contribution in [0.4, 0.5) is 0 Å². The van der Waals surface area contributed by atoms with Crippen LogP contribution in [-0.4, -0.2) is 26.8 Å². The molecule has 1 aromatic carbocycles. The van der Waals surface area contributed by atoms with Gasteiger partial charge in [0.2, 0.25) is 11.7 Å². The molecule has 19 heavy (non-hydrogen) atoms. The molecule has 2 heterocycles. The van der Waals surface area contributed by atoms with Crippen LogP contribution in [0.1, 0.15) is 11.9 Å². The zero-order chi connectivity index (χ0) is 13.2. The van der Waals surface area contributed by atoms with Gasteiger partial charge in [0, 0.05) is 5.39 Å². The van der Waals surface area contributed by atoms with Crippen LogP contribution in [0, 0.1) is 0 Å². The minimum absolute atomic E-state index is 0.201. The Balaban J connectivity index is 2.01.